The van der Waals surface area contributed by atoms with Crippen molar-refractivity contribution >= 4 is 5.91 Å². The van der Waals surface area contributed by atoms with E-state index in [9.17, 15) is 4.79 Å². The number of hydrogen-bond acceptors (Lipinski definition) is 3. The van der Waals surface area contributed by atoms with Crippen molar-refractivity contribution in [1.82, 2.24) is 10.2 Å². The summed E-state index contributed by atoms with van der Waals surface area (Å²) in [6.45, 7) is 5.64. The lowest BCUT2D eigenvalue weighted by Crippen LogP contribution is -2.44. The number of aryl methyl sites for hydroxylation is 1. The van der Waals surface area contributed by atoms with Crippen molar-refractivity contribution in [2.24, 2.45) is 0 Å². The van der Waals surface area contributed by atoms with E-state index in [0.717, 1.165) is 43.6 Å². The second kappa shape index (κ2) is 8.97. The molecule has 1 aliphatic rings. The Hall–Kier alpha value is -2.17. The van der Waals surface area contributed by atoms with Gasteiger partial charge in [-0.2, -0.15) is 0 Å². The quantitative estimate of drug-likeness (QED) is 0.865. The molecular formula is C22H28N2O2. The highest BCUT2D eigenvalue weighted by atomic mass is 16.5. The zero-order valence-electron chi connectivity index (χ0n) is 15.7. The molecule has 1 saturated heterocycles. The van der Waals surface area contributed by atoms with Gasteiger partial charge in [-0.3, -0.25) is 9.69 Å². The van der Waals surface area contributed by atoms with Gasteiger partial charge in [0.1, 0.15) is 0 Å². The SMILES string of the molecule is COCc1ccccc1C(=O)NC1CCN(Cc2ccccc2C)CC1. The molecule has 0 saturated carbocycles. The highest BCUT2D eigenvalue weighted by Gasteiger charge is 2.22. The molecule has 4 heteroatoms. The molecule has 2 aromatic carbocycles. The molecule has 26 heavy (non-hydrogen) atoms. The van der Waals surface area contributed by atoms with Crippen LogP contribution >= 0.6 is 0 Å². The second-order valence-electron chi connectivity index (χ2n) is 7.04. The summed E-state index contributed by atoms with van der Waals surface area (Å²) in [5.41, 5.74) is 4.39. The number of methoxy groups -OCH3 is 1. The zero-order valence-corrected chi connectivity index (χ0v) is 15.7. The van der Waals surface area contributed by atoms with Crippen molar-refractivity contribution in [3.63, 3.8) is 0 Å². The van der Waals surface area contributed by atoms with Gasteiger partial charge in [-0.05, 0) is 42.5 Å². The number of rotatable bonds is 6. The molecule has 0 atom stereocenters. The first-order valence-corrected chi connectivity index (χ1v) is 9.32. The number of ether oxygens (including phenoxy) is 1. The third-order valence-corrected chi connectivity index (χ3v) is 5.14. The number of benzene rings is 2. The monoisotopic (exact) mass is 352 g/mol. The lowest BCUT2D eigenvalue weighted by molar-refractivity contribution is 0.0904. The summed E-state index contributed by atoms with van der Waals surface area (Å²) in [6.07, 6.45) is 1.98. The van der Waals surface area contributed by atoms with Gasteiger partial charge in [0.25, 0.3) is 5.91 Å². The Morgan fingerprint density at radius 2 is 1.73 bits per heavy atom. The normalized spacial score (nSPS) is 15.8. The Kier molecular flexibility index (Phi) is 6.42. The van der Waals surface area contributed by atoms with Gasteiger partial charge in [-0.1, -0.05) is 42.5 Å². The average Bonchev–Trinajstić information content (AvgIpc) is 2.66. The molecule has 1 heterocycles. The van der Waals surface area contributed by atoms with Gasteiger partial charge < -0.3 is 10.1 Å². The van der Waals surface area contributed by atoms with Crippen LogP contribution in [-0.2, 0) is 17.9 Å². The number of carbonyl (C=O) groups is 1. The maximum absolute atomic E-state index is 12.6. The summed E-state index contributed by atoms with van der Waals surface area (Å²) in [5, 5.41) is 3.21. The molecule has 0 spiro atoms. The number of hydrogen-bond donors (Lipinski definition) is 1. The molecule has 2 aromatic rings. The Morgan fingerprint density at radius 3 is 2.42 bits per heavy atom. The number of nitrogens with zero attached hydrogens (tertiary/aromatic N) is 1. The van der Waals surface area contributed by atoms with Gasteiger partial charge in [0.15, 0.2) is 0 Å². The lowest BCUT2D eigenvalue weighted by atomic mass is 10.0. The maximum Gasteiger partial charge on any atom is 0.251 e. The van der Waals surface area contributed by atoms with E-state index in [2.05, 4.69) is 41.4 Å². The smallest absolute Gasteiger partial charge is 0.251 e. The van der Waals surface area contributed by atoms with Crippen LogP contribution in [0.15, 0.2) is 48.5 Å². The van der Waals surface area contributed by atoms with Crippen LogP contribution in [0, 0.1) is 6.92 Å². The molecule has 1 N–H and O–H groups in total. The lowest BCUT2D eigenvalue weighted by Gasteiger charge is -2.32. The van der Waals surface area contributed by atoms with Crippen LogP contribution in [-0.4, -0.2) is 37.0 Å². The molecule has 0 aromatic heterocycles. The van der Waals surface area contributed by atoms with Gasteiger partial charge >= 0.3 is 0 Å². The van der Waals surface area contributed by atoms with Crippen LogP contribution in [0.4, 0.5) is 0 Å². The fourth-order valence-electron chi connectivity index (χ4n) is 3.55. The number of carbonyl (C=O) groups excluding carboxylic acids is 1. The van der Waals surface area contributed by atoms with E-state index in [0.29, 0.717) is 6.61 Å². The van der Waals surface area contributed by atoms with E-state index in [1.54, 1.807) is 7.11 Å². The van der Waals surface area contributed by atoms with Gasteiger partial charge in [0.2, 0.25) is 0 Å². The number of nitrogens with one attached hydrogen (secondary N) is 1. The number of piperidine rings is 1. The topological polar surface area (TPSA) is 41.6 Å². The first-order chi connectivity index (χ1) is 12.7. The predicted octanol–water partition coefficient (Wildman–Crippen LogP) is 3.54. The molecule has 3 rings (SSSR count). The van der Waals surface area contributed by atoms with Crippen molar-refractivity contribution in [3.05, 3.63) is 70.8 Å². The molecule has 1 aliphatic heterocycles. The fraction of sp³-hybridized carbons (Fsp3) is 0.409. The molecule has 0 radical (unpaired) electrons. The predicted molar refractivity (Wildman–Crippen MR) is 104 cm³/mol. The number of likely N-dealkylation sites (tertiary alicyclic amines) is 1. The maximum atomic E-state index is 12.6. The van der Waals surface area contributed by atoms with E-state index >= 15 is 0 Å². The van der Waals surface area contributed by atoms with Gasteiger partial charge in [-0.25, -0.2) is 0 Å². The summed E-state index contributed by atoms with van der Waals surface area (Å²) in [6, 6.07) is 16.5. The van der Waals surface area contributed by atoms with E-state index in [1.807, 2.05) is 24.3 Å². The summed E-state index contributed by atoms with van der Waals surface area (Å²) in [5.74, 6) is 0.00926. The van der Waals surface area contributed by atoms with Crippen LogP contribution in [0.1, 0.15) is 39.9 Å². The van der Waals surface area contributed by atoms with Crippen LogP contribution in [0.2, 0.25) is 0 Å². The van der Waals surface area contributed by atoms with E-state index in [4.69, 9.17) is 4.74 Å². The first kappa shape index (κ1) is 18.6. The Labute approximate surface area is 156 Å². The third-order valence-electron chi connectivity index (χ3n) is 5.14. The van der Waals surface area contributed by atoms with Gasteiger partial charge in [-0.15, -0.1) is 0 Å². The average molecular weight is 352 g/mol. The van der Waals surface area contributed by atoms with E-state index < -0.39 is 0 Å². The minimum Gasteiger partial charge on any atom is -0.380 e. The molecular weight excluding hydrogens is 324 g/mol. The van der Waals surface area contributed by atoms with Crippen LogP contribution in [0.3, 0.4) is 0 Å². The summed E-state index contributed by atoms with van der Waals surface area (Å²) < 4.78 is 5.20. The van der Waals surface area contributed by atoms with Crippen molar-refractivity contribution in [3.8, 4) is 0 Å². The molecule has 0 unspecified atom stereocenters. The number of amides is 1. The minimum atomic E-state index is 0.00926. The van der Waals surface area contributed by atoms with E-state index in [-0.39, 0.29) is 11.9 Å². The minimum absolute atomic E-state index is 0.00926. The molecule has 4 nitrogen and oxygen atoms in total. The Balaban J connectivity index is 1.53. The Bertz CT molecular complexity index is 736. The van der Waals surface area contributed by atoms with Crippen molar-refractivity contribution in [2.75, 3.05) is 20.2 Å². The van der Waals surface area contributed by atoms with E-state index in [1.165, 1.54) is 11.1 Å². The van der Waals surface area contributed by atoms with Gasteiger partial charge in [0.05, 0.1) is 6.61 Å². The fourth-order valence-corrected chi connectivity index (χ4v) is 3.55. The third kappa shape index (κ3) is 4.71. The first-order valence-electron chi connectivity index (χ1n) is 9.32. The molecule has 138 valence electrons. The second-order valence-corrected chi connectivity index (χ2v) is 7.04. The summed E-state index contributed by atoms with van der Waals surface area (Å²) >= 11 is 0. The van der Waals surface area contributed by atoms with Crippen molar-refractivity contribution < 1.29 is 9.53 Å². The largest absolute Gasteiger partial charge is 0.380 e. The summed E-state index contributed by atoms with van der Waals surface area (Å²) in [4.78, 5) is 15.1. The highest BCUT2D eigenvalue weighted by molar-refractivity contribution is 5.95. The van der Waals surface area contributed by atoms with Crippen LogP contribution in [0.25, 0.3) is 0 Å². The highest BCUT2D eigenvalue weighted by Crippen LogP contribution is 2.17. The van der Waals surface area contributed by atoms with Crippen molar-refractivity contribution in [1.29, 1.82) is 0 Å². The zero-order chi connectivity index (χ0) is 18.4. The standard InChI is InChI=1S/C22H28N2O2/c1-17-7-3-4-8-18(17)15-24-13-11-20(12-14-24)23-22(25)21-10-6-5-9-19(21)16-26-2/h3-10,20H,11-16H2,1-2H3,(H,23,25). The van der Waals surface area contributed by atoms with Crippen LogP contribution in [0.5, 0.6) is 0 Å². The summed E-state index contributed by atoms with van der Waals surface area (Å²) in [7, 11) is 1.65. The Morgan fingerprint density at radius 1 is 1.08 bits per heavy atom. The molecule has 0 bridgehead atoms. The van der Waals surface area contributed by atoms with Crippen LogP contribution < -0.4 is 5.32 Å². The van der Waals surface area contributed by atoms with Crippen molar-refractivity contribution in [2.45, 2.75) is 39.0 Å². The van der Waals surface area contributed by atoms with Gasteiger partial charge in [0, 0.05) is 38.3 Å². The molecule has 1 amide bonds. The molecule has 1 fully saturated rings. The molecule has 0 aliphatic carbocycles.